The molecule has 2 rings (SSSR count). The molecule has 0 aliphatic rings. The number of methoxy groups -OCH3 is 2. The smallest absolute Gasteiger partial charge is 0.241 e. The van der Waals surface area contributed by atoms with Crippen molar-refractivity contribution < 1.29 is 27.4 Å². The number of hydrogen-bond donors (Lipinski definition) is 1. The van der Waals surface area contributed by atoms with E-state index in [1.807, 2.05) is 31.2 Å². The molecule has 0 aromatic heterocycles. The fourth-order valence-electron chi connectivity index (χ4n) is 2.67. The summed E-state index contributed by atoms with van der Waals surface area (Å²) in [7, 11) is -0.851. The van der Waals surface area contributed by atoms with Gasteiger partial charge in [-0.15, -0.1) is 0 Å². The number of nitrogens with zero attached hydrogens (tertiary/aromatic N) is 1. The van der Waals surface area contributed by atoms with Gasteiger partial charge >= 0.3 is 0 Å². The fraction of sp³-hybridized carbons (Fsp3) is 0.350. The first-order valence-electron chi connectivity index (χ1n) is 8.96. The summed E-state index contributed by atoms with van der Waals surface area (Å²) < 4.78 is 41.6. The van der Waals surface area contributed by atoms with E-state index in [4.69, 9.17) is 14.2 Å². The summed E-state index contributed by atoms with van der Waals surface area (Å²) in [6, 6.07) is 12.1. The highest BCUT2D eigenvalue weighted by atomic mass is 32.2. The van der Waals surface area contributed by atoms with Crippen LogP contribution in [0.3, 0.4) is 0 Å². The molecule has 0 saturated carbocycles. The summed E-state index contributed by atoms with van der Waals surface area (Å²) in [6.07, 6.45) is 1.03. The van der Waals surface area contributed by atoms with E-state index in [0.717, 1.165) is 16.1 Å². The maximum absolute atomic E-state index is 12.5. The van der Waals surface area contributed by atoms with Crippen LogP contribution in [0.4, 0.5) is 5.69 Å². The predicted octanol–water partition coefficient (Wildman–Crippen LogP) is 2.18. The molecule has 0 unspecified atom stereocenters. The Hall–Kier alpha value is -2.94. The Morgan fingerprint density at radius 3 is 2.45 bits per heavy atom. The molecule has 0 spiro atoms. The second kappa shape index (κ2) is 10.0. The molecule has 2 aromatic rings. The molecular formula is C20H26N2O6S. The monoisotopic (exact) mass is 422 g/mol. The van der Waals surface area contributed by atoms with E-state index in [-0.39, 0.29) is 12.2 Å². The normalized spacial score (nSPS) is 10.9. The Bertz CT molecular complexity index is 946. The van der Waals surface area contributed by atoms with Crippen molar-refractivity contribution in [2.45, 2.75) is 13.5 Å². The Morgan fingerprint density at radius 2 is 1.83 bits per heavy atom. The molecule has 0 atom stereocenters. The lowest BCUT2D eigenvalue weighted by Gasteiger charge is -2.24. The van der Waals surface area contributed by atoms with E-state index in [9.17, 15) is 13.2 Å². The van der Waals surface area contributed by atoms with Crippen LogP contribution in [0.25, 0.3) is 0 Å². The lowest BCUT2D eigenvalue weighted by molar-refractivity contribution is -0.119. The van der Waals surface area contributed by atoms with E-state index in [1.54, 1.807) is 12.1 Å². The first kappa shape index (κ1) is 22.4. The van der Waals surface area contributed by atoms with Crippen molar-refractivity contribution in [2.75, 3.05) is 37.9 Å². The van der Waals surface area contributed by atoms with Crippen LogP contribution in [0.1, 0.15) is 12.5 Å². The molecule has 0 radical (unpaired) electrons. The van der Waals surface area contributed by atoms with Gasteiger partial charge in [-0.25, -0.2) is 8.42 Å². The van der Waals surface area contributed by atoms with Crippen LogP contribution in [0.5, 0.6) is 17.2 Å². The molecule has 0 bridgehead atoms. The van der Waals surface area contributed by atoms with E-state index >= 15 is 0 Å². The summed E-state index contributed by atoms with van der Waals surface area (Å²) >= 11 is 0. The molecule has 158 valence electrons. The van der Waals surface area contributed by atoms with Gasteiger partial charge < -0.3 is 19.5 Å². The number of nitrogens with one attached hydrogen (secondary N) is 1. The maximum Gasteiger partial charge on any atom is 0.241 e. The molecule has 0 fully saturated rings. The average Bonchev–Trinajstić information content (AvgIpc) is 2.69. The first-order chi connectivity index (χ1) is 13.8. The van der Waals surface area contributed by atoms with E-state index in [1.165, 1.54) is 20.3 Å². The fourth-order valence-corrected chi connectivity index (χ4v) is 3.52. The Morgan fingerprint density at radius 1 is 1.07 bits per heavy atom. The number of carbonyl (C=O) groups is 1. The summed E-state index contributed by atoms with van der Waals surface area (Å²) in [5, 5.41) is 2.73. The van der Waals surface area contributed by atoms with Gasteiger partial charge in [-0.2, -0.15) is 0 Å². The van der Waals surface area contributed by atoms with Gasteiger partial charge in [-0.05, 0) is 36.8 Å². The van der Waals surface area contributed by atoms with Crippen molar-refractivity contribution in [3.63, 3.8) is 0 Å². The first-order valence-corrected chi connectivity index (χ1v) is 10.8. The second-order valence-electron chi connectivity index (χ2n) is 6.16. The lowest BCUT2D eigenvalue weighted by atomic mass is 10.2. The number of carbonyl (C=O) groups excluding carboxylic acids is 1. The zero-order chi connectivity index (χ0) is 21.4. The molecule has 0 saturated heterocycles. The van der Waals surface area contributed by atoms with Gasteiger partial charge in [0.15, 0.2) is 0 Å². The van der Waals surface area contributed by atoms with Crippen molar-refractivity contribution in [3.05, 3.63) is 48.0 Å². The standard InChI is InChI=1S/C20H26N2O6S/c1-5-28-17-8-6-7-15(11-17)13-21-20(23)14-22(29(4,24)25)18-12-16(26-2)9-10-19(18)27-3/h6-12H,5,13-14H2,1-4H3,(H,21,23). The van der Waals surface area contributed by atoms with Crippen LogP contribution in [0, 0.1) is 0 Å². The van der Waals surface area contributed by atoms with Gasteiger partial charge in [0, 0.05) is 12.6 Å². The minimum absolute atomic E-state index is 0.225. The zero-order valence-electron chi connectivity index (χ0n) is 17.0. The van der Waals surface area contributed by atoms with E-state index < -0.39 is 22.5 Å². The van der Waals surface area contributed by atoms with Crippen LogP contribution in [-0.2, 0) is 21.4 Å². The van der Waals surface area contributed by atoms with E-state index in [2.05, 4.69) is 5.32 Å². The number of ether oxygens (including phenoxy) is 3. The van der Waals surface area contributed by atoms with Gasteiger partial charge in [0.05, 0.1) is 32.8 Å². The third-order valence-electron chi connectivity index (χ3n) is 4.04. The molecule has 1 N–H and O–H groups in total. The lowest BCUT2D eigenvalue weighted by Crippen LogP contribution is -2.40. The number of anilines is 1. The Labute approximate surface area is 171 Å². The largest absolute Gasteiger partial charge is 0.497 e. The third kappa shape index (κ3) is 6.28. The molecule has 1 amide bonds. The highest BCUT2D eigenvalue weighted by molar-refractivity contribution is 7.92. The summed E-state index contributed by atoms with van der Waals surface area (Å²) in [4.78, 5) is 12.5. The number of sulfonamides is 1. The summed E-state index contributed by atoms with van der Waals surface area (Å²) in [5.41, 5.74) is 1.07. The minimum Gasteiger partial charge on any atom is -0.497 e. The van der Waals surface area contributed by atoms with Gasteiger partial charge in [-0.1, -0.05) is 12.1 Å². The van der Waals surface area contributed by atoms with Crippen molar-refractivity contribution in [3.8, 4) is 17.2 Å². The molecule has 9 heteroatoms. The van der Waals surface area contributed by atoms with Gasteiger partial charge in [0.1, 0.15) is 23.8 Å². The number of hydrogen-bond acceptors (Lipinski definition) is 6. The van der Waals surface area contributed by atoms with Crippen LogP contribution in [-0.4, -0.2) is 48.0 Å². The molecule has 29 heavy (non-hydrogen) atoms. The molecule has 0 aliphatic carbocycles. The summed E-state index contributed by atoms with van der Waals surface area (Å²) in [6.45, 7) is 2.28. The maximum atomic E-state index is 12.5. The topological polar surface area (TPSA) is 94.2 Å². The Balaban J connectivity index is 2.17. The predicted molar refractivity (Wildman–Crippen MR) is 111 cm³/mol. The number of rotatable bonds is 10. The SMILES string of the molecule is CCOc1cccc(CNC(=O)CN(c2cc(OC)ccc2OC)S(C)(=O)=O)c1. The highest BCUT2D eigenvalue weighted by Gasteiger charge is 2.24. The molecule has 2 aromatic carbocycles. The van der Waals surface area contributed by atoms with Crippen LogP contribution >= 0.6 is 0 Å². The van der Waals surface area contributed by atoms with Crippen molar-refractivity contribution in [1.82, 2.24) is 5.32 Å². The highest BCUT2D eigenvalue weighted by Crippen LogP contribution is 2.33. The van der Waals surface area contributed by atoms with Crippen LogP contribution in [0.2, 0.25) is 0 Å². The van der Waals surface area contributed by atoms with Gasteiger partial charge in [0.2, 0.25) is 15.9 Å². The van der Waals surface area contributed by atoms with Gasteiger partial charge in [-0.3, -0.25) is 9.10 Å². The van der Waals surface area contributed by atoms with E-state index in [0.29, 0.717) is 23.9 Å². The Kier molecular flexibility index (Phi) is 7.72. The quantitative estimate of drug-likeness (QED) is 0.631. The van der Waals surface area contributed by atoms with Crippen LogP contribution < -0.4 is 23.8 Å². The van der Waals surface area contributed by atoms with Crippen molar-refractivity contribution in [2.24, 2.45) is 0 Å². The number of benzene rings is 2. The third-order valence-corrected chi connectivity index (χ3v) is 5.17. The average molecular weight is 423 g/mol. The second-order valence-corrected chi connectivity index (χ2v) is 8.07. The number of amides is 1. The summed E-state index contributed by atoms with van der Waals surface area (Å²) in [5.74, 6) is 1.01. The molecule has 0 heterocycles. The molecule has 8 nitrogen and oxygen atoms in total. The van der Waals surface area contributed by atoms with Crippen molar-refractivity contribution in [1.29, 1.82) is 0 Å². The minimum atomic E-state index is -3.75. The zero-order valence-corrected chi connectivity index (χ0v) is 17.8. The molecule has 0 aliphatic heterocycles. The van der Waals surface area contributed by atoms with Gasteiger partial charge in [0.25, 0.3) is 0 Å². The van der Waals surface area contributed by atoms with Crippen molar-refractivity contribution >= 4 is 21.6 Å². The van der Waals surface area contributed by atoms with Crippen LogP contribution in [0.15, 0.2) is 42.5 Å². The molecular weight excluding hydrogens is 396 g/mol.